The Labute approximate surface area is 62.6 Å². The summed E-state index contributed by atoms with van der Waals surface area (Å²) in [5, 5.41) is 12.6. The molecule has 0 unspecified atom stereocenters. The molecular weight excluding hydrogens is 126 g/mol. The normalized spacial score (nSPS) is 33.6. The van der Waals surface area contributed by atoms with Gasteiger partial charge in [0.15, 0.2) is 0 Å². The van der Waals surface area contributed by atoms with E-state index in [9.17, 15) is 5.11 Å². The minimum Gasteiger partial charge on any atom is -0.393 e. The van der Waals surface area contributed by atoms with E-state index in [0.29, 0.717) is 12.1 Å². The second-order valence-electron chi connectivity index (χ2n) is 3.49. The van der Waals surface area contributed by atoms with Crippen LogP contribution in [0.3, 0.4) is 0 Å². The molecule has 2 N–H and O–H groups in total. The van der Waals surface area contributed by atoms with Crippen molar-refractivity contribution in [2.24, 2.45) is 0 Å². The summed E-state index contributed by atoms with van der Waals surface area (Å²) in [5.74, 6) is 0. The summed E-state index contributed by atoms with van der Waals surface area (Å²) < 4.78 is 0. The summed E-state index contributed by atoms with van der Waals surface area (Å²) in [7, 11) is 0. The van der Waals surface area contributed by atoms with E-state index in [4.69, 9.17) is 0 Å². The van der Waals surface area contributed by atoms with Gasteiger partial charge in [-0.15, -0.1) is 0 Å². The van der Waals surface area contributed by atoms with Crippen LogP contribution in [0.5, 0.6) is 0 Å². The minimum absolute atomic E-state index is 0.0451. The van der Waals surface area contributed by atoms with Gasteiger partial charge >= 0.3 is 0 Å². The molecule has 0 aromatic rings. The SMILES string of the molecule is CC(C)N[C@H]1CC[C@H](O)C1. The Kier molecular flexibility index (Phi) is 2.69. The topological polar surface area (TPSA) is 32.3 Å². The predicted octanol–water partition coefficient (Wildman–Crippen LogP) is 0.898. The lowest BCUT2D eigenvalue weighted by molar-refractivity contribution is 0.179. The highest BCUT2D eigenvalue weighted by atomic mass is 16.3. The molecule has 0 radical (unpaired) electrons. The first-order valence-corrected chi connectivity index (χ1v) is 4.12. The summed E-state index contributed by atoms with van der Waals surface area (Å²) in [4.78, 5) is 0. The molecule has 1 aliphatic carbocycles. The van der Waals surface area contributed by atoms with E-state index < -0.39 is 0 Å². The fourth-order valence-electron chi connectivity index (χ4n) is 1.58. The van der Waals surface area contributed by atoms with Gasteiger partial charge in [0.25, 0.3) is 0 Å². The zero-order valence-electron chi connectivity index (χ0n) is 6.80. The smallest absolute Gasteiger partial charge is 0.0555 e. The van der Waals surface area contributed by atoms with Crippen LogP contribution in [0.2, 0.25) is 0 Å². The van der Waals surface area contributed by atoms with E-state index in [1.807, 2.05) is 0 Å². The van der Waals surface area contributed by atoms with E-state index in [1.165, 1.54) is 0 Å². The van der Waals surface area contributed by atoms with Crippen molar-refractivity contribution in [2.75, 3.05) is 0 Å². The van der Waals surface area contributed by atoms with E-state index >= 15 is 0 Å². The molecule has 1 aliphatic rings. The van der Waals surface area contributed by atoms with Crippen LogP contribution in [0.15, 0.2) is 0 Å². The molecule has 0 heterocycles. The van der Waals surface area contributed by atoms with Crippen LogP contribution in [-0.2, 0) is 0 Å². The average Bonchev–Trinajstić information content (AvgIpc) is 2.13. The first kappa shape index (κ1) is 8.02. The molecular formula is C8H17NO. The van der Waals surface area contributed by atoms with Gasteiger partial charge in [0.2, 0.25) is 0 Å². The molecule has 0 bridgehead atoms. The summed E-state index contributed by atoms with van der Waals surface area (Å²) in [6, 6.07) is 1.12. The van der Waals surface area contributed by atoms with Crippen LogP contribution in [0.25, 0.3) is 0 Å². The third-order valence-electron chi connectivity index (χ3n) is 1.97. The van der Waals surface area contributed by atoms with E-state index in [1.54, 1.807) is 0 Å². The molecule has 1 saturated carbocycles. The van der Waals surface area contributed by atoms with Gasteiger partial charge in [-0.05, 0) is 19.3 Å². The fraction of sp³-hybridized carbons (Fsp3) is 1.00. The van der Waals surface area contributed by atoms with Crippen LogP contribution in [0, 0.1) is 0 Å². The molecule has 10 heavy (non-hydrogen) atoms. The third kappa shape index (κ3) is 2.27. The van der Waals surface area contributed by atoms with Gasteiger partial charge < -0.3 is 10.4 Å². The molecule has 1 fully saturated rings. The van der Waals surface area contributed by atoms with Crippen molar-refractivity contribution in [1.82, 2.24) is 5.32 Å². The van der Waals surface area contributed by atoms with Crippen molar-refractivity contribution in [3.8, 4) is 0 Å². The quantitative estimate of drug-likeness (QED) is 0.602. The molecule has 0 aliphatic heterocycles. The maximum atomic E-state index is 9.17. The van der Waals surface area contributed by atoms with Gasteiger partial charge in [-0.25, -0.2) is 0 Å². The zero-order chi connectivity index (χ0) is 7.56. The molecule has 0 aromatic heterocycles. The second-order valence-corrected chi connectivity index (χ2v) is 3.49. The second kappa shape index (κ2) is 3.35. The van der Waals surface area contributed by atoms with Crippen LogP contribution >= 0.6 is 0 Å². The molecule has 60 valence electrons. The van der Waals surface area contributed by atoms with E-state index in [-0.39, 0.29) is 6.10 Å². The number of rotatable bonds is 2. The van der Waals surface area contributed by atoms with Crippen LogP contribution in [0.1, 0.15) is 33.1 Å². The molecule has 0 aromatic carbocycles. The van der Waals surface area contributed by atoms with Crippen LogP contribution in [-0.4, -0.2) is 23.3 Å². The highest BCUT2D eigenvalue weighted by Crippen LogP contribution is 2.18. The lowest BCUT2D eigenvalue weighted by Crippen LogP contribution is -2.32. The largest absolute Gasteiger partial charge is 0.393 e. The molecule has 1 rings (SSSR count). The third-order valence-corrected chi connectivity index (χ3v) is 1.97. The van der Waals surface area contributed by atoms with Crippen molar-refractivity contribution in [1.29, 1.82) is 0 Å². The molecule has 0 spiro atoms. The Bertz CT molecular complexity index is 103. The van der Waals surface area contributed by atoms with E-state index in [0.717, 1.165) is 19.3 Å². The van der Waals surface area contributed by atoms with Crippen molar-refractivity contribution in [2.45, 2.75) is 51.3 Å². The van der Waals surface area contributed by atoms with Gasteiger partial charge in [0.1, 0.15) is 0 Å². The number of hydrogen-bond donors (Lipinski definition) is 2. The fourth-order valence-corrected chi connectivity index (χ4v) is 1.58. The van der Waals surface area contributed by atoms with Crippen molar-refractivity contribution in [3.63, 3.8) is 0 Å². The number of nitrogens with one attached hydrogen (secondary N) is 1. The van der Waals surface area contributed by atoms with Crippen molar-refractivity contribution >= 4 is 0 Å². The van der Waals surface area contributed by atoms with Gasteiger partial charge in [0, 0.05) is 12.1 Å². The predicted molar refractivity (Wildman–Crippen MR) is 41.9 cm³/mol. The van der Waals surface area contributed by atoms with Crippen LogP contribution in [0.4, 0.5) is 0 Å². The maximum Gasteiger partial charge on any atom is 0.0555 e. The Morgan fingerprint density at radius 3 is 2.50 bits per heavy atom. The first-order valence-electron chi connectivity index (χ1n) is 4.12. The first-order chi connectivity index (χ1) is 4.68. The number of aliphatic hydroxyl groups is 1. The number of hydrogen-bond acceptors (Lipinski definition) is 2. The Morgan fingerprint density at radius 1 is 1.40 bits per heavy atom. The highest BCUT2D eigenvalue weighted by molar-refractivity contribution is 4.80. The minimum atomic E-state index is -0.0451. The van der Waals surface area contributed by atoms with Crippen molar-refractivity contribution < 1.29 is 5.11 Å². The van der Waals surface area contributed by atoms with Gasteiger partial charge in [-0.1, -0.05) is 13.8 Å². The highest BCUT2D eigenvalue weighted by Gasteiger charge is 2.22. The Balaban J connectivity index is 2.18. The number of aliphatic hydroxyl groups excluding tert-OH is 1. The summed E-state index contributed by atoms with van der Waals surface area (Å²) in [6.45, 7) is 4.29. The standard InChI is InChI=1S/C8H17NO/c1-6(2)9-7-3-4-8(10)5-7/h6-10H,3-5H2,1-2H3/t7-,8-/m0/s1. The summed E-state index contributed by atoms with van der Waals surface area (Å²) in [5.41, 5.74) is 0. The maximum absolute atomic E-state index is 9.17. The molecule has 0 amide bonds. The Morgan fingerprint density at radius 2 is 2.10 bits per heavy atom. The molecule has 2 nitrogen and oxygen atoms in total. The monoisotopic (exact) mass is 143 g/mol. The summed E-state index contributed by atoms with van der Waals surface area (Å²) in [6.07, 6.45) is 3.01. The van der Waals surface area contributed by atoms with Crippen LogP contribution < -0.4 is 5.32 Å². The Hall–Kier alpha value is -0.0800. The van der Waals surface area contributed by atoms with Crippen molar-refractivity contribution in [3.05, 3.63) is 0 Å². The average molecular weight is 143 g/mol. The lowest BCUT2D eigenvalue weighted by atomic mass is 10.2. The van der Waals surface area contributed by atoms with Gasteiger partial charge in [-0.2, -0.15) is 0 Å². The molecule has 2 atom stereocenters. The summed E-state index contributed by atoms with van der Waals surface area (Å²) >= 11 is 0. The van der Waals surface area contributed by atoms with Gasteiger partial charge in [0.05, 0.1) is 6.10 Å². The zero-order valence-corrected chi connectivity index (χ0v) is 6.80. The van der Waals surface area contributed by atoms with Gasteiger partial charge in [-0.3, -0.25) is 0 Å². The molecule has 0 saturated heterocycles. The lowest BCUT2D eigenvalue weighted by Gasteiger charge is -2.14. The molecule has 2 heteroatoms. The van der Waals surface area contributed by atoms with E-state index in [2.05, 4.69) is 19.2 Å².